The number of ether oxygens (including phenoxy) is 1. The molecule has 0 heterocycles. The number of hydrogen-bond acceptors (Lipinski definition) is 2. The quantitative estimate of drug-likeness (QED) is 0.795. The van der Waals surface area contributed by atoms with Gasteiger partial charge in [-0.05, 0) is 37.6 Å². The Hall–Kier alpha value is -1.02. The van der Waals surface area contributed by atoms with Crippen molar-refractivity contribution >= 4 is 0 Å². The predicted molar refractivity (Wildman–Crippen MR) is 68.9 cm³/mol. The van der Waals surface area contributed by atoms with Crippen LogP contribution in [0, 0.1) is 5.92 Å². The van der Waals surface area contributed by atoms with Gasteiger partial charge in [-0.15, -0.1) is 0 Å². The average Bonchev–Trinajstić information content (AvgIpc) is 2.31. The number of benzene rings is 1. The van der Waals surface area contributed by atoms with E-state index >= 15 is 0 Å². The van der Waals surface area contributed by atoms with Gasteiger partial charge in [-0.25, -0.2) is 0 Å². The first-order chi connectivity index (χ1) is 7.72. The zero-order valence-electron chi connectivity index (χ0n) is 10.8. The summed E-state index contributed by atoms with van der Waals surface area (Å²) in [6.07, 6.45) is 1.17. The molecule has 2 nitrogen and oxygen atoms in total. The molecule has 0 aliphatic carbocycles. The topological polar surface area (TPSA) is 21.3 Å². The molecule has 1 aromatic rings. The largest absolute Gasteiger partial charge is 0.494 e. The molecule has 0 saturated heterocycles. The fourth-order valence-electron chi connectivity index (χ4n) is 1.98. The molecule has 2 unspecified atom stereocenters. The SMILES string of the molecule is CCOc1cccc(C(NC)C(C)CC)c1. The molecule has 0 fully saturated rings. The van der Waals surface area contributed by atoms with Crippen molar-refractivity contribution in [1.82, 2.24) is 5.32 Å². The monoisotopic (exact) mass is 221 g/mol. The third kappa shape index (κ3) is 3.24. The summed E-state index contributed by atoms with van der Waals surface area (Å²) in [6.45, 7) is 7.23. The molecule has 0 aliphatic rings. The molecule has 0 bridgehead atoms. The van der Waals surface area contributed by atoms with Crippen molar-refractivity contribution in [3.8, 4) is 5.75 Å². The predicted octanol–water partition coefficient (Wildman–Crippen LogP) is 3.39. The zero-order valence-corrected chi connectivity index (χ0v) is 10.8. The number of hydrogen-bond donors (Lipinski definition) is 1. The lowest BCUT2D eigenvalue weighted by Crippen LogP contribution is -2.23. The van der Waals surface area contributed by atoms with Gasteiger partial charge in [0.2, 0.25) is 0 Å². The lowest BCUT2D eigenvalue weighted by atomic mass is 9.92. The van der Waals surface area contributed by atoms with Crippen LogP contribution in [0.3, 0.4) is 0 Å². The maximum Gasteiger partial charge on any atom is 0.119 e. The highest BCUT2D eigenvalue weighted by molar-refractivity contribution is 5.30. The van der Waals surface area contributed by atoms with Crippen LogP contribution in [-0.4, -0.2) is 13.7 Å². The molecular weight excluding hydrogens is 198 g/mol. The molecule has 0 radical (unpaired) electrons. The minimum Gasteiger partial charge on any atom is -0.494 e. The first-order valence-corrected chi connectivity index (χ1v) is 6.12. The maximum atomic E-state index is 5.53. The Bertz CT molecular complexity index is 311. The number of nitrogens with one attached hydrogen (secondary N) is 1. The third-order valence-corrected chi connectivity index (χ3v) is 3.05. The Morgan fingerprint density at radius 1 is 1.31 bits per heavy atom. The average molecular weight is 221 g/mol. The molecule has 1 N–H and O–H groups in total. The molecule has 0 amide bonds. The highest BCUT2D eigenvalue weighted by atomic mass is 16.5. The Morgan fingerprint density at radius 3 is 2.62 bits per heavy atom. The van der Waals surface area contributed by atoms with Crippen LogP contribution in [0.25, 0.3) is 0 Å². The molecule has 0 saturated carbocycles. The van der Waals surface area contributed by atoms with E-state index in [0.29, 0.717) is 12.0 Å². The van der Waals surface area contributed by atoms with Crippen LogP contribution in [0.5, 0.6) is 5.75 Å². The van der Waals surface area contributed by atoms with E-state index in [4.69, 9.17) is 4.74 Å². The van der Waals surface area contributed by atoms with Gasteiger partial charge in [0, 0.05) is 6.04 Å². The van der Waals surface area contributed by atoms with Gasteiger partial charge >= 0.3 is 0 Å². The summed E-state index contributed by atoms with van der Waals surface area (Å²) in [7, 11) is 2.02. The molecule has 1 rings (SSSR count). The van der Waals surface area contributed by atoms with E-state index in [9.17, 15) is 0 Å². The second kappa shape index (κ2) is 6.54. The molecule has 2 heteroatoms. The summed E-state index contributed by atoms with van der Waals surface area (Å²) in [6, 6.07) is 8.78. The van der Waals surface area contributed by atoms with Crippen molar-refractivity contribution in [2.45, 2.75) is 33.2 Å². The summed E-state index contributed by atoms with van der Waals surface area (Å²) in [4.78, 5) is 0. The van der Waals surface area contributed by atoms with Gasteiger partial charge in [0.15, 0.2) is 0 Å². The summed E-state index contributed by atoms with van der Waals surface area (Å²) in [5.41, 5.74) is 1.31. The molecule has 1 aromatic carbocycles. The van der Waals surface area contributed by atoms with E-state index < -0.39 is 0 Å². The van der Waals surface area contributed by atoms with E-state index in [1.165, 1.54) is 12.0 Å². The highest BCUT2D eigenvalue weighted by Gasteiger charge is 2.16. The second-order valence-electron chi connectivity index (χ2n) is 4.16. The van der Waals surface area contributed by atoms with E-state index in [0.717, 1.165) is 12.4 Å². The summed E-state index contributed by atoms with van der Waals surface area (Å²) < 4.78 is 5.53. The fraction of sp³-hybridized carbons (Fsp3) is 0.571. The summed E-state index contributed by atoms with van der Waals surface area (Å²) >= 11 is 0. The first-order valence-electron chi connectivity index (χ1n) is 6.12. The minimum absolute atomic E-state index is 0.408. The minimum atomic E-state index is 0.408. The van der Waals surface area contributed by atoms with Crippen molar-refractivity contribution in [3.63, 3.8) is 0 Å². The third-order valence-electron chi connectivity index (χ3n) is 3.05. The molecule has 0 aromatic heterocycles. The van der Waals surface area contributed by atoms with Crippen molar-refractivity contribution < 1.29 is 4.74 Å². The van der Waals surface area contributed by atoms with Crippen LogP contribution in [0.15, 0.2) is 24.3 Å². The van der Waals surface area contributed by atoms with E-state index in [2.05, 4.69) is 37.4 Å². The second-order valence-corrected chi connectivity index (χ2v) is 4.16. The lowest BCUT2D eigenvalue weighted by molar-refractivity contribution is 0.337. The molecule has 90 valence electrons. The van der Waals surface area contributed by atoms with Crippen LogP contribution in [0.4, 0.5) is 0 Å². The van der Waals surface area contributed by atoms with Crippen LogP contribution < -0.4 is 10.1 Å². The van der Waals surface area contributed by atoms with E-state index in [1.807, 2.05) is 20.0 Å². The van der Waals surface area contributed by atoms with Gasteiger partial charge in [-0.3, -0.25) is 0 Å². The van der Waals surface area contributed by atoms with Crippen molar-refractivity contribution in [2.24, 2.45) is 5.92 Å². The van der Waals surface area contributed by atoms with Gasteiger partial charge in [0.05, 0.1) is 6.61 Å². The molecule has 16 heavy (non-hydrogen) atoms. The molecule has 2 atom stereocenters. The van der Waals surface area contributed by atoms with Gasteiger partial charge in [0.1, 0.15) is 5.75 Å². The molecule has 0 aliphatic heterocycles. The molecule has 0 spiro atoms. The number of rotatable bonds is 6. The van der Waals surface area contributed by atoms with Crippen molar-refractivity contribution in [1.29, 1.82) is 0 Å². The smallest absolute Gasteiger partial charge is 0.119 e. The van der Waals surface area contributed by atoms with Gasteiger partial charge in [0.25, 0.3) is 0 Å². The van der Waals surface area contributed by atoms with Gasteiger partial charge in [-0.2, -0.15) is 0 Å². The molecular formula is C14H23NO. The van der Waals surface area contributed by atoms with E-state index in [-0.39, 0.29) is 0 Å². The Labute approximate surface area is 99.0 Å². The summed E-state index contributed by atoms with van der Waals surface area (Å²) in [5, 5.41) is 3.38. The van der Waals surface area contributed by atoms with Gasteiger partial charge < -0.3 is 10.1 Å². The van der Waals surface area contributed by atoms with Crippen molar-refractivity contribution in [3.05, 3.63) is 29.8 Å². The van der Waals surface area contributed by atoms with E-state index in [1.54, 1.807) is 0 Å². The lowest BCUT2D eigenvalue weighted by Gasteiger charge is -2.23. The Kier molecular flexibility index (Phi) is 5.33. The van der Waals surface area contributed by atoms with Crippen LogP contribution >= 0.6 is 0 Å². The zero-order chi connectivity index (χ0) is 12.0. The van der Waals surface area contributed by atoms with Crippen molar-refractivity contribution in [2.75, 3.05) is 13.7 Å². The Balaban J connectivity index is 2.87. The normalized spacial score (nSPS) is 14.5. The Morgan fingerprint density at radius 2 is 2.06 bits per heavy atom. The van der Waals surface area contributed by atoms with Crippen LogP contribution in [-0.2, 0) is 0 Å². The standard InChI is InChI=1S/C14H23NO/c1-5-11(3)14(15-4)12-8-7-9-13(10-12)16-6-2/h7-11,14-15H,5-6H2,1-4H3. The van der Waals surface area contributed by atoms with Gasteiger partial charge in [-0.1, -0.05) is 32.4 Å². The fourth-order valence-corrected chi connectivity index (χ4v) is 1.98. The van der Waals surface area contributed by atoms with Crippen LogP contribution in [0.1, 0.15) is 38.8 Å². The van der Waals surface area contributed by atoms with Crippen LogP contribution in [0.2, 0.25) is 0 Å². The maximum absolute atomic E-state index is 5.53. The first kappa shape index (κ1) is 13.0. The summed E-state index contributed by atoms with van der Waals surface area (Å²) in [5.74, 6) is 1.59. The highest BCUT2D eigenvalue weighted by Crippen LogP contribution is 2.26.